The number of urea groups is 1. The number of hydrogen-bond donors (Lipinski definition) is 3. The second kappa shape index (κ2) is 7.79. The molecule has 0 saturated carbocycles. The number of carbonyl (C=O) groups is 2. The van der Waals surface area contributed by atoms with E-state index in [1.807, 2.05) is 0 Å². The summed E-state index contributed by atoms with van der Waals surface area (Å²) >= 11 is 0. The standard InChI is InChI=1S/C14H15FN2O3/c1-2-12(10-5-7-11(15)8-6-10)17-14(20)16-9-3-4-13(18)19/h1,5-8,12H,3-4,9H2,(H,18,19)(H2,16,17,20). The molecule has 0 fully saturated rings. The van der Waals surface area contributed by atoms with E-state index in [9.17, 15) is 14.0 Å². The molecule has 3 N–H and O–H groups in total. The van der Waals surface area contributed by atoms with E-state index in [4.69, 9.17) is 11.5 Å². The van der Waals surface area contributed by atoms with Crippen molar-refractivity contribution in [2.24, 2.45) is 0 Å². The number of terminal acetylenes is 1. The molecule has 0 radical (unpaired) electrons. The zero-order valence-electron chi connectivity index (χ0n) is 10.7. The highest BCUT2D eigenvalue weighted by Crippen LogP contribution is 2.12. The number of amides is 2. The second-order valence-electron chi connectivity index (χ2n) is 4.05. The predicted molar refractivity (Wildman–Crippen MR) is 71.4 cm³/mol. The van der Waals surface area contributed by atoms with Crippen molar-refractivity contribution in [2.75, 3.05) is 6.54 Å². The molecule has 0 aliphatic carbocycles. The van der Waals surface area contributed by atoms with Gasteiger partial charge in [-0.3, -0.25) is 4.79 Å². The minimum absolute atomic E-state index is 0.0171. The zero-order chi connectivity index (χ0) is 15.0. The van der Waals surface area contributed by atoms with Gasteiger partial charge in [0.05, 0.1) is 0 Å². The first kappa shape index (κ1) is 15.5. The Hall–Kier alpha value is -2.55. The molecule has 0 aliphatic rings. The lowest BCUT2D eigenvalue weighted by molar-refractivity contribution is -0.137. The number of carboxylic acids is 1. The van der Waals surface area contributed by atoms with Gasteiger partial charge in [0.25, 0.3) is 0 Å². The van der Waals surface area contributed by atoms with Gasteiger partial charge in [0, 0.05) is 13.0 Å². The van der Waals surface area contributed by atoms with E-state index in [-0.39, 0.29) is 18.8 Å². The minimum Gasteiger partial charge on any atom is -0.481 e. The van der Waals surface area contributed by atoms with Gasteiger partial charge < -0.3 is 15.7 Å². The second-order valence-corrected chi connectivity index (χ2v) is 4.05. The molecule has 6 heteroatoms. The molecule has 1 aromatic rings. The van der Waals surface area contributed by atoms with E-state index < -0.39 is 18.0 Å². The smallest absolute Gasteiger partial charge is 0.316 e. The molecule has 2 amide bonds. The lowest BCUT2D eigenvalue weighted by Crippen LogP contribution is -2.38. The number of rotatable bonds is 6. The third-order valence-electron chi connectivity index (χ3n) is 2.50. The first-order valence-corrected chi connectivity index (χ1v) is 6.00. The number of carbonyl (C=O) groups excluding carboxylic acids is 1. The normalized spacial score (nSPS) is 11.2. The Bertz CT molecular complexity index is 508. The van der Waals surface area contributed by atoms with Crippen molar-refractivity contribution in [2.45, 2.75) is 18.9 Å². The maximum absolute atomic E-state index is 12.8. The van der Waals surface area contributed by atoms with Crippen LogP contribution in [-0.4, -0.2) is 23.7 Å². The van der Waals surface area contributed by atoms with Crippen LogP contribution in [0.2, 0.25) is 0 Å². The number of carboxylic acid groups (broad SMARTS) is 1. The van der Waals surface area contributed by atoms with Crippen molar-refractivity contribution in [3.8, 4) is 12.3 Å². The molecular weight excluding hydrogens is 263 g/mol. The van der Waals surface area contributed by atoms with E-state index in [0.717, 1.165) is 0 Å². The molecular formula is C14H15FN2O3. The van der Waals surface area contributed by atoms with Crippen molar-refractivity contribution in [3.05, 3.63) is 35.6 Å². The van der Waals surface area contributed by atoms with Gasteiger partial charge in [-0.2, -0.15) is 0 Å². The van der Waals surface area contributed by atoms with Gasteiger partial charge in [-0.15, -0.1) is 6.42 Å². The van der Waals surface area contributed by atoms with E-state index in [1.54, 1.807) is 0 Å². The highest BCUT2D eigenvalue weighted by atomic mass is 19.1. The summed E-state index contributed by atoms with van der Waals surface area (Å²) in [4.78, 5) is 21.9. The van der Waals surface area contributed by atoms with E-state index >= 15 is 0 Å². The quantitative estimate of drug-likeness (QED) is 0.547. The van der Waals surface area contributed by atoms with Crippen LogP contribution in [0.15, 0.2) is 24.3 Å². The van der Waals surface area contributed by atoms with Gasteiger partial charge >= 0.3 is 12.0 Å². The third kappa shape index (κ3) is 5.40. The summed E-state index contributed by atoms with van der Waals surface area (Å²) in [5.41, 5.74) is 0.592. The largest absolute Gasteiger partial charge is 0.481 e. The molecule has 5 nitrogen and oxygen atoms in total. The van der Waals surface area contributed by atoms with E-state index in [2.05, 4.69) is 16.6 Å². The highest BCUT2D eigenvalue weighted by Gasteiger charge is 2.11. The molecule has 1 aromatic carbocycles. The fourth-order valence-corrected chi connectivity index (χ4v) is 1.50. The lowest BCUT2D eigenvalue weighted by Gasteiger charge is -2.14. The van der Waals surface area contributed by atoms with E-state index in [0.29, 0.717) is 12.0 Å². The Morgan fingerprint density at radius 2 is 2.00 bits per heavy atom. The number of benzene rings is 1. The lowest BCUT2D eigenvalue weighted by atomic mass is 10.1. The van der Waals surface area contributed by atoms with Crippen molar-refractivity contribution >= 4 is 12.0 Å². The van der Waals surface area contributed by atoms with Crippen LogP contribution in [0.1, 0.15) is 24.4 Å². The Kier molecular flexibility index (Phi) is 6.04. The molecule has 0 spiro atoms. The number of hydrogen-bond acceptors (Lipinski definition) is 2. The van der Waals surface area contributed by atoms with Gasteiger partial charge in [-0.1, -0.05) is 18.1 Å². The van der Waals surface area contributed by atoms with Crippen molar-refractivity contribution in [1.82, 2.24) is 10.6 Å². The first-order chi connectivity index (χ1) is 9.52. The third-order valence-corrected chi connectivity index (χ3v) is 2.50. The van der Waals surface area contributed by atoms with Crippen LogP contribution in [0.3, 0.4) is 0 Å². The number of halogens is 1. The fraction of sp³-hybridized carbons (Fsp3) is 0.286. The van der Waals surface area contributed by atoms with Crippen LogP contribution >= 0.6 is 0 Å². The summed E-state index contributed by atoms with van der Waals surface area (Å²) in [6.07, 6.45) is 5.64. The highest BCUT2D eigenvalue weighted by molar-refractivity contribution is 5.75. The molecule has 1 rings (SSSR count). The average Bonchev–Trinajstić information content (AvgIpc) is 2.42. The summed E-state index contributed by atoms with van der Waals surface area (Å²) in [7, 11) is 0. The molecule has 1 atom stereocenters. The first-order valence-electron chi connectivity index (χ1n) is 6.00. The fourth-order valence-electron chi connectivity index (χ4n) is 1.50. The zero-order valence-corrected chi connectivity index (χ0v) is 10.7. The van der Waals surface area contributed by atoms with Gasteiger partial charge in [0.15, 0.2) is 0 Å². The Morgan fingerprint density at radius 1 is 1.35 bits per heavy atom. The van der Waals surface area contributed by atoms with Crippen LogP contribution in [0, 0.1) is 18.2 Å². The summed E-state index contributed by atoms with van der Waals surface area (Å²) in [6, 6.07) is 4.32. The van der Waals surface area contributed by atoms with Crippen LogP contribution in [0.5, 0.6) is 0 Å². The Balaban J connectivity index is 2.44. The van der Waals surface area contributed by atoms with Gasteiger partial charge in [0.2, 0.25) is 0 Å². The molecule has 106 valence electrons. The van der Waals surface area contributed by atoms with Crippen LogP contribution < -0.4 is 10.6 Å². The molecule has 0 aliphatic heterocycles. The predicted octanol–water partition coefficient (Wildman–Crippen LogP) is 1.66. The van der Waals surface area contributed by atoms with Crippen molar-refractivity contribution in [3.63, 3.8) is 0 Å². The maximum atomic E-state index is 12.8. The Morgan fingerprint density at radius 3 is 2.55 bits per heavy atom. The summed E-state index contributed by atoms with van der Waals surface area (Å²) in [5.74, 6) is 1.09. The molecule has 20 heavy (non-hydrogen) atoms. The minimum atomic E-state index is -0.917. The monoisotopic (exact) mass is 278 g/mol. The van der Waals surface area contributed by atoms with Crippen LogP contribution in [0.25, 0.3) is 0 Å². The molecule has 0 aromatic heterocycles. The topological polar surface area (TPSA) is 78.4 Å². The van der Waals surface area contributed by atoms with Gasteiger partial charge in [-0.05, 0) is 24.1 Å². The summed E-state index contributed by atoms with van der Waals surface area (Å²) in [5, 5.41) is 13.5. The Labute approximate surface area is 116 Å². The maximum Gasteiger partial charge on any atom is 0.316 e. The number of aliphatic carboxylic acids is 1. The summed E-state index contributed by atoms with van der Waals surface area (Å²) in [6.45, 7) is 0.235. The number of nitrogens with one attached hydrogen (secondary N) is 2. The van der Waals surface area contributed by atoms with Crippen LogP contribution in [-0.2, 0) is 4.79 Å². The molecule has 0 saturated heterocycles. The van der Waals surface area contributed by atoms with Crippen molar-refractivity contribution < 1.29 is 19.1 Å². The SMILES string of the molecule is C#CC(NC(=O)NCCCC(=O)O)c1ccc(F)cc1. The molecule has 0 heterocycles. The average molecular weight is 278 g/mol. The van der Waals surface area contributed by atoms with Gasteiger partial charge in [0.1, 0.15) is 11.9 Å². The molecule has 1 unspecified atom stereocenters. The van der Waals surface area contributed by atoms with E-state index in [1.165, 1.54) is 24.3 Å². The van der Waals surface area contributed by atoms with Crippen LogP contribution in [0.4, 0.5) is 9.18 Å². The van der Waals surface area contributed by atoms with Crippen molar-refractivity contribution in [1.29, 1.82) is 0 Å². The van der Waals surface area contributed by atoms with Gasteiger partial charge in [-0.25, -0.2) is 9.18 Å². The summed E-state index contributed by atoms with van der Waals surface area (Å²) < 4.78 is 12.8. The molecule has 0 bridgehead atoms.